The molecule has 24 heavy (non-hydrogen) atoms. The van der Waals surface area contributed by atoms with E-state index in [2.05, 4.69) is 20.9 Å². The van der Waals surface area contributed by atoms with Gasteiger partial charge in [0.25, 0.3) is 0 Å². The lowest BCUT2D eigenvalue weighted by atomic mass is 10.1. The topological polar surface area (TPSA) is 50.2 Å². The third-order valence-corrected chi connectivity index (χ3v) is 5.07. The molecule has 0 radical (unpaired) electrons. The molecule has 0 saturated heterocycles. The molecule has 0 saturated carbocycles. The molecule has 6 heteroatoms. The van der Waals surface area contributed by atoms with E-state index in [9.17, 15) is 9.18 Å². The Labute approximate surface area is 150 Å². The molecule has 122 valence electrons. The summed E-state index contributed by atoms with van der Waals surface area (Å²) in [7, 11) is 0. The number of allylic oxidation sites excluding steroid dienone is 1. The van der Waals surface area contributed by atoms with Crippen molar-refractivity contribution >= 4 is 55.1 Å². The number of rotatable bonds is 5. The van der Waals surface area contributed by atoms with Crippen molar-refractivity contribution in [2.75, 3.05) is 0 Å². The molecule has 0 fully saturated rings. The lowest BCUT2D eigenvalue weighted by Crippen LogP contribution is -1.96. The summed E-state index contributed by atoms with van der Waals surface area (Å²) in [5.41, 5.74) is 1.98. The van der Waals surface area contributed by atoms with E-state index < -0.39 is 5.97 Å². The van der Waals surface area contributed by atoms with E-state index in [4.69, 9.17) is 5.11 Å². The Kier molecular flexibility index (Phi) is 5.06. The number of hydrogen-bond acceptors (Lipinski definition) is 3. The fourth-order valence-electron chi connectivity index (χ4n) is 2.30. The maximum atomic E-state index is 14.1. The molecule has 0 spiro atoms. The minimum absolute atomic E-state index is 0.0304. The number of hydrogen-bond donors (Lipinski definition) is 1. The van der Waals surface area contributed by atoms with Gasteiger partial charge in [-0.15, -0.1) is 11.3 Å². The number of thiazole rings is 1. The molecule has 1 heterocycles. The first-order valence-electron chi connectivity index (χ1n) is 7.26. The number of aromatic nitrogens is 1. The van der Waals surface area contributed by atoms with Gasteiger partial charge in [-0.1, -0.05) is 28.1 Å². The van der Waals surface area contributed by atoms with Crippen LogP contribution in [0.3, 0.4) is 0 Å². The average Bonchev–Trinajstić information content (AvgIpc) is 2.98. The molecular formula is C18H13BrFNO2S. The first-order chi connectivity index (χ1) is 11.5. The van der Waals surface area contributed by atoms with Gasteiger partial charge in [0.1, 0.15) is 10.8 Å². The highest BCUT2D eigenvalue weighted by Gasteiger charge is 2.12. The van der Waals surface area contributed by atoms with Crippen LogP contribution in [0, 0.1) is 5.82 Å². The number of halogens is 2. The SMILES string of the molecule is O=C(O)CCC(=Cc1cc(Br)ccc1F)c1nc2ccccc2s1. The van der Waals surface area contributed by atoms with Crippen molar-refractivity contribution in [2.24, 2.45) is 0 Å². The van der Waals surface area contributed by atoms with Crippen molar-refractivity contribution in [1.29, 1.82) is 0 Å². The summed E-state index contributed by atoms with van der Waals surface area (Å²) >= 11 is 4.81. The summed E-state index contributed by atoms with van der Waals surface area (Å²) in [6.45, 7) is 0. The van der Waals surface area contributed by atoms with Crippen molar-refractivity contribution in [1.82, 2.24) is 4.98 Å². The lowest BCUT2D eigenvalue weighted by Gasteiger charge is -2.04. The smallest absolute Gasteiger partial charge is 0.303 e. The van der Waals surface area contributed by atoms with E-state index >= 15 is 0 Å². The Hall–Kier alpha value is -2.05. The Morgan fingerprint density at radius 2 is 2.04 bits per heavy atom. The Bertz CT molecular complexity index is 903. The molecule has 0 aliphatic carbocycles. The summed E-state index contributed by atoms with van der Waals surface area (Å²) in [6, 6.07) is 12.4. The molecule has 3 aromatic rings. The first-order valence-corrected chi connectivity index (χ1v) is 8.87. The maximum Gasteiger partial charge on any atom is 0.303 e. The largest absolute Gasteiger partial charge is 0.481 e. The number of carbonyl (C=O) groups is 1. The van der Waals surface area contributed by atoms with Crippen molar-refractivity contribution < 1.29 is 14.3 Å². The van der Waals surface area contributed by atoms with Crippen molar-refractivity contribution in [3.8, 4) is 0 Å². The number of nitrogens with zero attached hydrogens (tertiary/aromatic N) is 1. The second kappa shape index (κ2) is 7.23. The molecule has 3 nitrogen and oxygen atoms in total. The molecule has 1 N–H and O–H groups in total. The van der Waals surface area contributed by atoms with Crippen LogP contribution < -0.4 is 0 Å². The van der Waals surface area contributed by atoms with Crippen molar-refractivity contribution in [2.45, 2.75) is 12.8 Å². The molecule has 0 bridgehead atoms. The van der Waals surface area contributed by atoms with Gasteiger partial charge >= 0.3 is 5.97 Å². The lowest BCUT2D eigenvalue weighted by molar-refractivity contribution is -0.136. The fourth-order valence-corrected chi connectivity index (χ4v) is 3.69. The van der Waals surface area contributed by atoms with Gasteiger partial charge in [0, 0.05) is 16.5 Å². The first kappa shape index (κ1) is 16.8. The molecule has 0 amide bonds. The van der Waals surface area contributed by atoms with E-state index in [-0.39, 0.29) is 12.2 Å². The highest BCUT2D eigenvalue weighted by molar-refractivity contribution is 9.10. The van der Waals surface area contributed by atoms with Crippen LogP contribution in [0.15, 0.2) is 46.9 Å². The fraction of sp³-hybridized carbons (Fsp3) is 0.111. The van der Waals surface area contributed by atoms with Crippen LogP contribution in [0.1, 0.15) is 23.4 Å². The molecule has 0 unspecified atom stereocenters. The van der Waals surface area contributed by atoms with Crippen LogP contribution in [0.25, 0.3) is 21.9 Å². The number of aliphatic carboxylic acids is 1. The third-order valence-electron chi connectivity index (χ3n) is 3.46. The Balaban J connectivity index is 2.06. The number of carboxylic acids is 1. The normalized spacial score (nSPS) is 11.8. The quantitative estimate of drug-likeness (QED) is 0.600. The van der Waals surface area contributed by atoms with Gasteiger partial charge in [0.05, 0.1) is 10.2 Å². The van der Waals surface area contributed by atoms with Crippen LogP contribution in [0.4, 0.5) is 4.39 Å². The predicted octanol–water partition coefficient (Wildman–Crippen LogP) is 5.60. The van der Waals surface area contributed by atoms with Crippen LogP contribution in [-0.4, -0.2) is 16.1 Å². The van der Waals surface area contributed by atoms with Crippen LogP contribution in [0.5, 0.6) is 0 Å². The van der Waals surface area contributed by atoms with Crippen molar-refractivity contribution in [3.63, 3.8) is 0 Å². The van der Waals surface area contributed by atoms with Gasteiger partial charge in [0.15, 0.2) is 0 Å². The molecule has 0 aliphatic rings. The van der Waals surface area contributed by atoms with E-state index in [1.807, 2.05) is 24.3 Å². The number of para-hydroxylation sites is 1. The molecular weight excluding hydrogens is 393 g/mol. The Morgan fingerprint density at radius 3 is 2.79 bits per heavy atom. The van der Waals surface area contributed by atoms with E-state index in [1.165, 1.54) is 17.4 Å². The van der Waals surface area contributed by atoms with E-state index in [1.54, 1.807) is 18.2 Å². The summed E-state index contributed by atoms with van der Waals surface area (Å²) in [5.74, 6) is -1.25. The van der Waals surface area contributed by atoms with Crippen molar-refractivity contribution in [3.05, 3.63) is 63.3 Å². The highest BCUT2D eigenvalue weighted by Crippen LogP contribution is 2.31. The average molecular weight is 406 g/mol. The summed E-state index contributed by atoms with van der Waals surface area (Å²) in [6.07, 6.45) is 1.94. The highest BCUT2D eigenvalue weighted by atomic mass is 79.9. The van der Waals surface area contributed by atoms with Crippen LogP contribution in [-0.2, 0) is 4.79 Å². The van der Waals surface area contributed by atoms with Gasteiger partial charge in [-0.2, -0.15) is 0 Å². The zero-order valence-electron chi connectivity index (χ0n) is 12.5. The van der Waals surface area contributed by atoms with Gasteiger partial charge in [-0.05, 0) is 48.4 Å². The summed E-state index contributed by atoms with van der Waals surface area (Å²) in [5, 5.41) is 9.71. The molecule has 1 aromatic heterocycles. The van der Waals surface area contributed by atoms with Gasteiger partial charge in [-0.3, -0.25) is 4.79 Å². The number of benzene rings is 2. The van der Waals surface area contributed by atoms with Gasteiger partial charge < -0.3 is 5.11 Å². The second-order valence-corrected chi connectivity index (χ2v) is 7.16. The predicted molar refractivity (Wildman–Crippen MR) is 98.5 cm³/mol. The minimum atomic E-state index is -0.892. The third kappa shape index (κ3) is 3.88. The second-order valence-electron chi connectivity index (χ2n) is 5.22. The number of fused-ring (bicyclic) bond motifs is 1. The van der Waals surface area contributed by atoms with Gasteiger partial charge in [-0.25, -0.2) is 9.37 Å². The molecule has 0 atom stereocenters. The monoisotopic (exact) mass is 405 g/mol. The Morgan fingerprint density at radius 1 is 1.25 bits per heavy atom. The molecule has 3 rings (SSSR count). The van der Waals surface area contributed by atoms with Gasteiger partial charge in [0.2, 0.25) is 0 Å². The van der Waals surface area contributed by atoms with E-state index in [0.717, 1.165) is 25.3 Å². The summed E-state index contributed by atoms with van der Waals surface area (Å²) < 4.78 is 15.8. The zero-order chi connectivity index (χ0) is 17.1. The zero-order valence-corrected chi connectivity index (χ0v) is 14.9. The van der Waals surface area contributed by atoms with Crippen LogP contribution >= 0.6 is 27.3 Å². The summed E-state index contributed by atoms with van der Waals surface area (Å²) in [4.78, 5) is 15.5. The number of carboxylic acid groups (broad SMARTS) is 1. The molecule has 2 aromatic carbocycles. The standard InChI is InChI=1S/C18H13BrFNO2S/c19-13-6-7-14(20)12(10-13)9-11(5-8-17(22)23)18-21-15-3-1-2-4-16(15)24-18/h1-4,6-7,9-10H,5,8H2,(H,22,23). The van der Waals surface area contributed by atoms with Crippen LogP contribution in [0.2, 0.25) is 0 Å². The molecule has 0 aliphatic heterocycles. The van der Waals surface area contributed by atoms with E-state index in [0.29, 0.717) is 12.0 Å². The maximum absolute atomic E-state index is 14.1. The minimum Gasteiger partial charge on any atom is -0.481 e.